The second kappa shape index (κ2) is 9.44. The Labute approximate surface area is 173 Å². The minimum atomic E-state index is -3.74. The Morgan fingerprint density at radius 1 is 1.00 bits per heavy atom. The Kier molecular flexibility index (Phi) is 6.73. The number of thiophene rings is 1. The van der Waals surface area contributed by atoms with E-state index in [0.717, 1.165) is 11.3 Å². The van der Waals surface area contributed by atoms with Crippen molar-refractivity contribution in [2.24, 2.45) is 0 Å². The number of hydrogen-bond acceptors (Lipinski definition) is 6. The molecule has 0 aliphatic heterocycles. The first kappa shape index (κ1) is 20.7. The fraction of sp³-hybridized carbons (Fsp3) is 0.150. The third-order valence-electron chi connectivity index (χ3n) is 3.89. The molecule has 0 unspecified atom stereocenters. The summed E-state index contributed by atoms with van der Waals surface area (Å²) in [6, 6.07) is 16.8. The van der Waals surface area contributed by atoms with Crippen LogP contribution in [0, 0.1) is 0 Å². The first-order valence-electron chi connectivity index (χ1n) is 8.70. The van der Waals surface area contributed by atoms with Crippen molar-refractivity contribution in [1.82, 2.24) is 5.32 Å². The van der Waals surface area contributed by atoms with Crippen LogP contribution in [0.1, 0.15) is 10.4 Å². The van der Waals surface area contributed by atoms with Crippen LogP contribution in [0.4, 0.5) is 5.69 Å². The van der Waals surface area contributed by atoms with E-state index < -0.39 is 15.9 Å². The number of anilines is 1. The number of nitrogens with one attached hydrogen (secondary N) is 2. The maximum absolute atomic E-state index is 12.5. The predicted octanol–water partition coefficient (Wildman–Crippen LogP) is 3.37. The standard InChI is InChI=1S/C20H20N2O5S2/c1-26-17-9-4-5-10-18(17)27-13-12-21-20(23)15-7-2-3-8-16(15)22-29(24,25)19-11-6-14-28-19/h2-11,14,22H,12-13H2,1H3,(H,21,23). The van der Waals surface area contributed by atoms with Gasteiger partial charge in [-0.25, -0.2) is 8.42 Å². The molecule has 0 saturated heterocycles. The van der Waals surface area contributed by atoms with E-state index in [9.17, 15) is 13.2 Å². The fourth-order valence-corrected chi connectivity index (χ4v) is 4.61. The number of methoxy groups -OCH3 is 1. The van der Waals surface area contributed by atoms with Crippen molar-refractivity contribution in [3.8, 4) is 11.5 Å². The Morgan fingerprint density at radius 2 is 1.72 bits per heavy atom. The van der Waals surface area contributed by atoms with Crippen molar-refractivity contribution in [2.75, 3.05) is 25.0 Å². The molecule has 1 amide bonds. The molecule has 3 rings (SSSR count). The highest BCUT2D eigenvalue weighted by Crippen LogP contribution is 2.25. The molecule has 3 aromatic rings. The predicted molar refractivity (Wildman–Crippen MR) is 112 cm³/mol. The minimum Gasteiger partial charge on any atom is -0.493 e. The molecule has 0 bridgehead atoms. The molecule has 0 fully saturated rings. The Hall–Kier alpha value is -3.04. The van der Waals surface area contributed by atoms with Crippen LogP contribution in [0.25, 0.3) is 0 Å². The molecule has 1 aromatic heterocycles. The van der Waals surface area contributed by atoms with E-state index in [0.29, 0.717) is 11.5 Å². The van der Waals surface area contributed by atoms with Gasteiger partial charge in [-0.3, -0.25) is 9.52 Å². The van der Waals surface area contributed by atoms with Crippen molar-refractivity contribution < 1.29 is 22.7 Å². The number of sulfonamides is 1. The monoisotopic (exact) mass is 432 g/mol. The largest absolute Gasteiger partial charge is 0.493 e. The Balaban J connectivity index is 1.61. The highest BCUT2D eigenvalue weighted by atomic mass is 32.2. The van der Waals surface area contributed by atoms with Crippen LogP contribution in [0.3, 0.4) is 0 Å². The molecule has 0 saturated carbocycles. The second-order valence-electron chi connectivity index (χ2n) is 5.84. The van der Waals surface area contributed by atoms with Gasteiger partial charge in [0.1, 0.15) is 10.8 Å². The van der Waals surface area contributed by atoms with Gasteiger partial charge in [0.2, 0.25) is 0 Å². The van der Waals surface area contributed by atoms with Gasteiger partial charge in [-0.15, -0.1) is 11.3 Å². The van der Waals surface area contributed by atoms with Crippen LogP contribution in [-0.4, -0.2) is 34.6 Å². The lowest BCUT2D eigenvalue weighted by Gasteiger charge is -2.13. The van der Waals surface area contributed by atoms with Gasteiger partial charge in [-0.1, -0.05) is 30.3 Å². The summed E-state index contributed by atoms with van der Waals surface area (Å²) in [6.07, 6.45) is 0. The average Bonchev–Trinajstić information content (AvgIpc) is 3.27. The van der Waals surface area contributed by atoms with Crippen molar-refractivity contribution in [3.63, 3.8) is 0 Å². The first-order chi connectivity index (χ1) is 14.0. The van der Waals surface area contributed by atoms with E-state index in [-0.39, 0.29) is 28.6 Å². The summed E-state index contributed by atoms with van der Waals surface area (Å²) in [6.45, 7) is 0.470. The van der Waals surface area contributed by atoms with Crippen molar-refractivity contribution >= 4 is 33.0 Å². The van der Waals surface area contributed by atoms with E-state index in [4.69, 9.17) is 9.47 Å². The number of carbonyl (C=O) groups excluding carboxylic acids is 1. The average molecular weight is 433 g/mol. The van der Waals surface area contributed by atoms with E-state index in [1.54, 1.807) is 55.0 Å². The van der Waals surface area contributed by atoms with Crippen molar-refractivity contribution in [1.29, 1.82) is 0 Å². The van der Waals surface area contributed by atoms with Crippen molar-refractivity contribution in [2.45, 2.75) is 4.21 Å². The molecule has 29 heavy (non-hydrogen) atoms. The molecule has 2 N–H and O–H groups in total. The van der Waals surface area contributed by atoms with Gasteiger partial charge in [-0.05, 0) is 35.7 Å². The number of hydrogen-bond donors (Lipinski definition) is 2. The summed E-state index contributed by atoms with van der Waals surface area (Å²) in [7, 11) is -2.19. The number of para-hydroxylation sites is 3. The van der Waals surface area contributed by atoms with Crippen LogP contribution < -0.4 is 19.5 Å². The van der Waals surface area contributed by atoms with Crippen LogP contribution in [-0.2, 0) is 10.0 Å². The number of amides is 1. The molecule has 9 heteroatoms. The topological polar surface area (TPSA) is 93.7 Å². The van der Waals surface area contributed by atoms with E-state index in [1.807, 2.05) is 12.1 Å². The second-order valence-corrected chi connectivity index (χ2v) is 8.70. The lowest BCUT2D eigenvalue weighted by atomic mass is 10.1. The Bertz CT molecular complexity index is 1070. The summed E-state index contributed by atoms with van der Waals surface area (Å²) in [5.41, 5.74) is 0.439. The number of rotatable bonds is 9. The SMILES string of the molecule is COc1ccccc1OCCNC(=O)c1ccccc1NS(=O)(=O)c1cccs1. The summed E-state index contributed by atoms with van der Waals surface area (Å²) in [5, 5.41) is 4.41. The van der Waals surface area contributed by atoms with E-state index in [1.165, 1.54) is 6.07 Å². The third-order valence-corrected chi connectivity index (χ3v) is 6.65. The van der Waals surface area contributed by atoms with Crippen LogP contribution in [0.5, 0.6) is 11.5 Å². The third kappa shape index (κ3) is 5.27. The summed E-state index contributed by atoms with van der Waals surface area (Å²) >= 11 is 1.10. The minimum absolute atomic E-state index is 0.179. The zero-order valence-corrected chi connectivity index (χ0v) is 17.3. The highest BCUT2D eigenvalue weighted by molar-refractivity contribution is 7.94. The molecule has 7 nitrogen and oxygen atoms in total. The molecule has 0 aliphatic carbocycles. The number of carbonyl (C=O) groups is 1. The molecular formula is C20H20N2O5S2. The van der Waals surface area contributed by atoms with E-state index in [2.05, 4.69) is 10.0 Å². The lowest BCUT2D eigenvalue weighted by molar-refractivity contribution is 0.0947. The van der Waals surface area contributed by atoms with Crippen LogP contribution in [0.15, 0.2) is 70.3 Å². The Morgan fingerprint density at radius 3 is 2.45 bits per heavy atom. The van der Waals surface area contributed by atoms with Gasteiger partial charge >= 0.3 is 0 Å². The summed E-state index contributed by atoms with van der Waals surface area (Å²) in [5.74, 6) is 0.776. The van der Waals surface area contributed by atoms with Gasteiger partial charge in [0.05, 0.1) is 24.9 Å². The molecule has 2 aromatic carbocycles. The lowest BCUT2D eigenvalue weighted by Crippen LogP contribution is -2.29. The zero-order chi connectivity index (χ0) is 20.7. The van der Waals surface area contributed by atoms with Gasteiger partial charge in [0, 0.05) is 0 Å². The van der Waals surface area contributed by atoms with Gasteiger partial charge < -0.3 is 14.8 Å². The molecule has 0 atom stereocenters. The van der Waals surface area contributed by atoms with Gasteiger partial charge in [-0.2, -0.15) is 0 Å². The van der Waals surface area contributed by atoms with Gasteiger partial charge in [0.25, 0.3) is 15.9 Å². The molecule has 1 heterocycles. The van der Waals surface area contributed by atoms with Crippen LogP contribution in [0.2, 0.25) is 0 Å². The maximum Gasteiger partial charge on any atom is 0.271 e. The quantitative estimate of drug-likeness (QED) is 0.506. The maximum atomic E-state index is 12.5. The molecular weight excluding hydrogens is 412 g/mol. The molecule has 0 spiro atoms. The molecule has 0 aliphatic rings. The smallest absolute Gasteiger partial charge is 0.271 e. The summed E-state index contributed by atoms with van der Waals surface area (Å²) in [4.78, 5) is 12.5. The first-order valence-corrected chi connectivity index (χ1v) is 11.1. The number of benzene rings is 2. The zero-order valence-electron chi connectivity index (χ0n) is 15.6. The molecule has 0 radical (unpaired) electrons. The van der Waals surface area contributed by atoms with E-state index >= 15 is 0 Å². The number of ether oxygens (including phenoxy) is 2. The van der Waals surface area contributed by atoms with Crippen molar-refractivity contribution in [3.05, 3.63) is 71.6 Å². The normalized spacial score (nSPS) is 10.9. The molecule has 152 valence electrons. The highest BCUT2D eigenvalue weighted by Gasteiger charge is 2.19. The van der Waals surface area contributed by atoms with Crippen LogP contribution >= 0.6 is 11.3 Å². The summed E-state index contributed by atoms with van der Waals surface area (Å²) < 4.78 is 38.4. The van der Waals surface area contributed by atoms with Gasteiger partial charge in [0.15, 0.2) is 11.5 Å². The fourth-order valence-electron chi connectivity index (χ4n) is 2.54.